The van der Waals surface area contributed by atoms with Gasteiger partial charge in [-0.05, 0) is 45.7 Å². The molecule has 1 saturated carbocycles. The fraction of sp³-hybridized carbons (Fsp3) is 0.929. The Hall–Kier alpha value is -0.610. The van der Waals surface area contributed by atoms with Gasteiger partial charge >= 0.3 is 5.97 Å². The van der Waals surface area contributed by atoms with Gasteiger partial charge in [-0.25, -0.2) is 0 Å². The van der Waals surface area contributed by atoms with Crippen LogP contribution in [-0.4, -0.2) is 37.2 Å². The molecule has 2 aliphatic rings. The van der Waals surface area contributed by atoms with E-state index < -0.39 is 5.54 Å². The van der Waals surface area contributed by atoms with Gasteiger partial charge in [-0.2, -0.15) is 0 Å². The van der Waals surface area contributed by atoms with Crippen LogP contribution in [0.1, 0.15) is 51.9 Å². The lowest BCUT2D eigenvalue weighted by molar-refractivity contribution is -0.153. The topological polar surface area (TPSA) is 50.4 Å². The van der Waals surface area contributed by atoms with E-state index in [0.29, 0.717) is 12.6 Å². The van der Waals surface area contributed by atoms with E-state index in [9.17, 15) is 4.79 Å². The number of esters is 1. The zero-order valence-corrected chi connectivity index (χ0v) is 11.5. The zero-order chi connectivity index (χ0) is 12.8. The lowest BCUT2D eigenvalue weighted by Crippen LogP contribution is -2.61. The number of hydrogen-bond donors (Lipinski definition) is 2. The van der Waals surface area contributed by atoms with Crippen molar-refractivity contribution in [1.82, 2.24) is 10.6 Å². The van der Waals surface area contributed by atoms with E-state index in [1.807, 2.05) is 6.92 Å². The maximum atomic E-state index is 12.3. The Bertz CT molecular complexity index is 269. The van der Waals surface area contributed by atoms with Gasteiger partial charge in [-0.1, -0.05) is 19.3 Å². The molecular formula is C14H26N2O2. The Kier molecular flexibility index (Phi) is 5.01. The van der Waals surface area contributed by atoms with E-state index in [1.165, 1.54) is 32.1 Å². The molecule has 2 fully saturated rings. The van der Waals surface area contributed by atoms with Gasteiger partial charge in [-0.3, -0.25) is 10.1 Å². The molecule has 0 amide bonds. The quantitative estimate of drug-likeness (QED) is 0.748. The first-order chi connectivity index (χ1) is 8.77. The number of carbonyl (C=O) groups excluding carboxylic acids is 1. The number of nitrogens with one attached hydrogen (secondary N) is 2. The zero-order valence-electron chi connectivity index (χ0n) is 11.5. The van der Waals surface area contributed by atoms with E-state index in [4.69, 9.17) is 4.74 Å². The van der Waals surface area contributed by atoms with Gasteiger partial charge in [0.1, 0.15) is 5.54 Å². The third-order valence-corrected chi connectivity index (χ3v) is 4.21. The monoisotopic (exact) mass is 254 g/mol. The molecule has 4 nitrogen and oxygen atoms in total. The molecule has 0 spiro atoms. The molecule has 18 heavy (non-hydrogen) atoms. The highest BCUT2D eigenvalue weighted by Crippen LogP contribution is 2.26. The van der Waals surface area contributed by atoms with Crippen LogP contribution in [0.5, 0.6) is 0 Å². The minimum Gasteiger partial charge on any atom is -0.465 e. The maximum Gasteiger partial charge on any atom is 0.326 e. The van der Waals surface area contributed by atoms with Gasteiger partial charge in [0.25, 0.3) is 0 Å². The second-order valence-corrected chi connectivity index (χ2v) is 5.53. The van der Waals surface area contributed by atoms with Gasteiger partial charge in [0.15, 0.2) is 0 Å². The van der Waals surface area contributed by atoms with E-state index >= 15 is 0 Å². The molecule has 104 valence electrons. The van der Waals surface area contributed by atoms with Gasteiger partial charge < -0.3 is 10.1 Å². The van der Waals surface area contributed by atoms with Crippen molar-refractivity contribution < 1.29 is 9.53 Å². The van der Waals surface area contributed by atoms with Crippen LogP contribution in [0.15, 0.2) is 0 Å². The highest BCUT2D eigenvalue weighted by Gasteiger charge is 2.42. The molecule has 1 aliphatic heterocycles. The van der Waals surface area contributed by atoms with E-state index in [1.54, 1.807) is 0 Å². The molecular weight excluding hydrogens is 228 g/mol. The highest BCUT2D eigenvalue weighted by atomic mass is 16.5. The van der Waals surface area contributed by atoms with Crippen molar-refractivity contribution in [2.75, 3.05) is 19.7 Å². The second kappa shape index (κ2) is 6.53. The summed E-state index contributed by atoms with van der Waals surface area (Å²) in [5, 5.41) is 6.97. The summed E-state index contributed by atoms with van der Waals surface area (Å²) in [5.74, 6) is -0.0444. The third kappa shape index (κ3) is 3.23. The van der Waals surface area contributed by atoms with Crippen LogP contribution in [0.3, 0.4) is 0 Å². The van der Waals surface area contributed by atoms with Gasteiger partial charge in [0, 0.05) is 6.04 Å². The van der Waals surface area contributed by atoms with Gasteiger partial charge in [-0.15, -0.1) is 0 Å². The molecule has 0 unspecified atom stereocenters. The molecule has 0 aromatic rings. The molecule has 4 heteroatoms. The summed E-state index contributed by atoms with van der Waals surface area (Å²) >= 11 is 0. The minimum absolute atomic E-state index is 0.0444. The van der Waals surface area contributed by atoms with E-state index in [2.05, 4.69) is 10.6 Å². The third-order valence-electron chi connectivity index (χ3n) is 4.21. The van der Waals surface area contributed by atoms with Crippen molar-refractivity contribution in [2.45, 2.75) is 63.5 Å². The second-order valence-electron chi connectivity index (χ2n) is 5.53. The minimum atomic E-state index is -0.427. The van der Waals surface area contributed by atoms with E-state index in [0.717, 1.165) is 25.9 Å². The molecule has 0 aromatic heterocycles. The average molecular weight is 254 g/mol. The number of piperidine rings is 1. The first-order valence-corrected chi connectivity index (χ1v) is 7.42. The van der Waals surface area contributed by atoms with Crippen LogP contribution in [0.25, 0.3) is 0 Å². The van der Waals surface area contributed by atoms with Crippen molar-refractivity contribution in [1.29, 1.82) is 0 Å². The van der Waals surface area contributed by atoms with Crippen LogP contribution >= 0.6 is 0 Å². The summed E-state index contributed by atoms with van der Waals surface area (Å²) in [5.41, 5.74) is -0.427. The Morgan fingerprint density at radius 1 is 1.28 bits per heavy atom. The van der Waals surface area contributed by atoms with Crippen LogP contribution < -0.4 is 10.6 Å². The molecule has 0 radical (unpaired) electrons. The number of ether oxygens (including phenoxy) is 1. The number of rotatable bonds is 4. The highest BCUT2D eigenvalue weighted by molar-refractivity contribution is 5.81. The molecule has 0 atom stereocenters. The van der Waals surface area contributed by atoms with Crippen LogP contribution in [0.4, 0.5) is 0 Å². The largest absolute Gasteiger partial charge is 0.465 e. The molecule has 0 aromatic carbocycles. The fourth-order valence-corrected chi connectivity index (χ4v) is 3.17. The fourth-order valence-electron chi connectivity index (χ4n) is 3.17. The average Bonchev–Trinajstić information content (AvgIpc) is 2.41. The lowest BCUT2D eigenvalue weighted by Gasteiger charge is -2.40. The van der Waals surface area contributed by atoms with Gasteiger partial charge in [0.05, 0.1) is 6.61 Å². The first-order valence-electron chi connectivity index (χ1n) is 7.42. The number of hydrogen-bond acceptors (Lipinski definition) is 4. The van der Waals surface area contributed by atoms with Crippen molar-refractivity contribution in [2.24, 2.45) is 0 Å². The van der Waals surface area contributed by atoms with Crippen molar-refractivity contribution >= 4 is 5.97 Å². The van der Waals surface area contributed by atoms with Crippen LogP contribution in [0.2, 0.25) is 0 Å². The number of carbonyl (C=O) groups is 1. The Labute approximate surface area is 110 Å². The Morgan fingerprint density at radius 3 is 2.56 bits per heavy atom. The normalized spacial score (nSPS) is 24.7. The summed E-state index contributed by atoms with van der Waals surface area (Å²) < 4.78 is 5.30. The van der Waals surface area contributed by atoms with E-state index in [-0.39, 0.29) is 5.97 Å². The molecule has 0 bridgehead atoms. The summed E-state index contributed by atoms with van der Waals surface area (Å²) in [6.45, 7) is 4.16. The summed E-state index contributed by atoms with van der Waals surface area (Å²) in [4.78, 5) is 12.3. The molecule has 1 saturated heterocycles. The SMILES string of the molecule is CCOC(=O)C1(NC2CCCCC2)CCNCC1. The van der Waals surface area contributed by atoms with Crippen LogP contribution in [0, 0.1) is 0 Å². The molecule has 2 N–H and O–H groups in total. The predicted molar refractivity (Wildman–Crippen MR) is 71.5 cm³/mol. The lowest BCUT2D eigenvalue weighted by atomic mass is 9.85. The predicted octanol–water partition coefficient (Wildman–Crippen LogP) is 1.59. The Balaban J connectivity index is 2.00. The smallest absolute Gasteiger partial charge is 0.326 e. The summed E-state index contributed by atoms with van der Waals surface area (Å²) in [6.07, 6.45) is 8.02. The molecule has 2 rings (SSSR count). The van der Waals surface area contributed by atoms with Crippen LogP contribution in [-0.2, 0) is 9.53 Å². The van der Waals surface area contributed by atoms with Gasteiger partial charge in [0.2, 0.25) is 0 Å². The summed E-state index contributed by atoms with van der Waals surface area (Å²) in [7, 11) is 0. The molecule has 1 aliphatic carbocycles. The standard InChI is InChI=1S/C14H26N2O2/c1-2-18-13(17)14(8-10-15-11-9-14)16-12-6-4-3-5-7-12/h12,15-16H,2-11H2,1H3. The first kappa shape index (κ1) is 13.8. The maximum absolute atomic E-state index is 12.3. The van der Waals surface area contributed by atoms with Crippen molar-refractivity contribution in [3.8, 4) is 0 Å². The summed E-state index contributed by atoms with van der Waals surface area (Å²) in [6, 6.07) is 0.501. The van der Waals surface area contributed by atoms with Crippen molar-refractivity contribution in [3.05, 3.63) is 0 Å². The molecule has 1 heterocycles. The Morgan fingerprint density at radius 2 is 1.94 bits per heavy atom. The van der Waals surface area contributed by atoms with Crippen molar-refractivity contribution in [3.63, 3.8) is 0 Å².